The van der Waals surface area contributed by atoms with Gasteiger partial charge in [-0.15, -0.1) is 0 Å². The number of hydrogen-bond donors (Lipinski definition) is 1. The van der Waals surface area contributed by atoms with Crippen LogP contribution in [0.5, 0.6) is 0 Å². The summed E-state index contributed by atoms with van der Waals surface area (Å²) >= 11 is 0. The van der Waals surface area contributed by atoms with Gasteiger partial charge in [0.1, 0.15) is 0 Å². The lowest BCUT2D eigenvalue weighted by Crippen LogP contribution is -2.14. The molecule has 4 heteroatoms. The molecule has 1 aromatic rings. The van der Waals surface area contributed by atoms with E-state index in [1.165, 1.54) is 0 Å². The molecule has 13 heavy (non-hydrogen) atoms. The summed E-state index contributed by atoms with van der Waals surface area (Å²) in [6.07, 6.45) is 3.01. The first-order valence-electron chi connectivity index (χ1n) is 4.38. The number of ether oxygens (including phenoxy) is 1. The van der Waals surface area contributed by atoms with Gasteiger partial charge >= 0.3 is 0 Å². The summed E-state index contributed by atoms with van der Waals surface area (Å²) in [7, 11) is 3.47. The molecule has 0 aliphatic heterocycles. The van der Waals surface area contributed by atoms with Crippen molar-refractivity contribution >= 4 is 0 Å². The molecule has 0 amide bonds. The Morgan fingerprint density at radius 2 is 2.46 bits per heavy atom. The summed E-state index contributed by atoms with van der Waals surface area (Å²) in [5, 5.41) is 13.6. The van der Waals surface area contributed by atoms with E-state index < -0.39 is 0 Å². The number of aliphatic hydroxyl groups is 1. The maximum Gasteiger partial charge on any atom is 0.0777 e. The Hall–Kier alpha value is -0.870. The quantitative estimate of drug-likeness (QED) is 0.718. The summed E-state index contributed by atoms with van der Waals surface area (Å²) in [4.78, 5) is 0. The van der Waals surface area contributed by atoms with Gasteiger partial charge in [-0.2, -0.15) is 5.10 Å². The molecule has 1 heterocycles. The van der Waals surface area contributed by atoms with Crippen molar-refractivity contribution in [2.45, 2.75) is 18.9 Å². The Morgan fingerprint density at radius 1 is 1.69 bits per heavy atom. The van der Waals surface area contributed by atoms with E-state index in [1.54, 1.807) is 11.8 Å². The molecular weight excluding hydrogens is 168 g/mol. The third-order valence-corrected chi connectivity index (χ3v) is 1.86. The zero-order valence-electron chi connectivity index (χ0n) is 8.10. The SMILES string of the molecule is COCC(O)CCc1ccn(C)n1. The minimum Gasteiger partial charge on any atom is -0.391 e. The van der Waals surface area contributed by atoms with Crippen LogP contribution in [0, 0.1) is 0 Å². The van der Waals surface area contributed by atoms with Gasteiger partial charge in [-0.05, 0) is 18.9 Å². The number of hydrogen-bond acceptors (Lipinski definition) is 3. The van der Waals surface area contributed by atoms with Crippen molar-refractivity contribution in [1.29, 1.82) is 0 Å². The van der Waals surface area contributed by atoms with E-state index in [2.05, 4.69) is 5.10 Å². The fourth-order valence-electron chi connectivity index (χ4n) is 1.19. The number of rotatable bonds is 5. The Bertz CT molecular complexity index is 248. The lowest BCUT2D eigenvalue weighted by molar-refractivity contribution is 0.0593. The van der Waals surface area contributed by atoms with E-state index in [4.69, 9.17) is 4.74 Å². The molecule has 0 bridgehead atoms. The second kappa shape index (κ2) is 4.99. The van der Waals surface area contributed by atoms with Crippen LogP contribution in [0.4, 0.5) is 0 Å². The molecule has 0 saturated heterocycles. The van der Waals surface area contributed by atoms with E-state index in [-0.39, 0.29) is 6.10 Å². The van der Waals surface area contributed by atoms with Crippen LogP contribution in [-0.4, -0.2) is 34.7 Å². The van der Waals surface area contributed by atoms with Crippen molar-refractivity contribution < 1.29 is 9.84 Å². The Morgan fingerprint density at radius 3 is 3.00 bits per heavy atom. The van der Waals surface area contributed by atoms with Gasteiger partial charge in [0.15, 0.2) is 0 Å². The van der Waals surface area contributed by atoms with Crippen molar-refractivity contribution in [3.63, 3.8) is 0 Å². The van der Waals surface area contributed by atoms with Crippen molar-refractivity contribution in [2.24, 2.45) is 7.05 Å². The Balaban J connectivity index is 2.26. The molecule has 1 rings (SSSR count). The molecule has 1 atom stereocenters. The highest BCUT2D eigenvalue weighted by Crippen LogP contribution is 2.02. The second-order valence-corrected chi connectivity index (χ2v) is 3.13. The lowest BCUT2D eigenvalue weighted by atomic mass is 10.2. The van der Waals surface area contributed by atoms with Gasteiger partial charge in [0, 0.05) is 20.4 Å². The molecule has 0 radical (unpaired) electrons. The highest BCUT2D eigenvalue weighted by atomic mass is 16.5. The van der Waals surface area contributed by atoms with Crippen LogP contribution in [0.2, 0.25) is 0 Å². The Kier molecular flexibility index (Phi) is 3.92. The molecular formula is C9H16N2O2. The molecule has 0 aromatic carbocycles. The molecule has 74 valence electrons. The van der Waals surface area contributed by atoms with Crippen LogP contribution >= 0.6 is 0 Å². The summed E-state index contributed by atoms with van der Waals surface area (Å²) in [5.41, 5.74) is 1.01. The first kappa shape index (κ1) is 10.2. The maximum atomic E-state index is 9.36. The minimum atomic E-state index is -0.382. The molecule has 0 aliphatic rings. The molecule has 0 fully saturated rings. The summed E-state index contributed by atoms with van der Waals surface area (Å²) in [6, 6.07) is 1.96. The van der Waals surface area contributed by atoms with Gasteiger partial charge in [-0.3, -0.25) is 4.68 Å². The van der Waals surface area contributed by atoms with Gasteiger partial charge in [0.05, 0.1) is 18.4 Å². The zero-order chi connectivity index (χ0) is 9.68. The van der Waals surface area contributed by atoms with Gasteiger partial charge in [0.2, 0.25) is 0 Å². The van der Waals surface area contributed by atoms with Crippen LogP contribution in [-0.2, 0) is 18.2 Å². The number of aromatic nitrogens is 2. The first-order chi connectivity index (χ1) is 6.22. The average Bonchev–Trinajstić information content (AvgIpc) is 2.49. The smallest absolute Gasteiger partial charge is 0.0777 e. The summed E-state index contributed by atoms with van der Waals surface area (Å²) in [5.74, 6) is 0. The van der Waals surface area contributed by atoms with Crippen LogP contribution in [0.3, 0.4) is 0 Å². The van der Waals surface area contributed by atoms with E-state index in [9.17, 15) is 5.11 Å². The first-order valence-corrected chi connectivity index (χ1v) is 4.38. The standard InChI is InChI=1S/C9H16N2O2/c1-11-6-5-8(10-11)3-4-9(12)7-13-2/h5-6,9,12H,3-4,7H2,1-2H3. The predicted octanol–water partition coefficient (Wildman–Crippen LogP) is 0.360. The maximum absolute atomic E-state index is 9.36. The third kappa shape index (κ3) is 3.57. The molecule has 0 saturated carbocycles. The number of nitrogens with zero attached hydrogens (tertiary/aromatic N) is 2. The van der Waals surface area contributed by atoms with Crippen LogP contribution < -0.4 is 0 Å². The number of aryl methyl sites for hydroxylation is 2. The predicted molar refractivity (Wildman–Crippen MR) is 49.4 cm³/mol. The normalized spacial score (nSPS) is 13.2. The van der Waals surface area contributed by atoms with Gasteiger partial charge in [0.25, 0.3) is 0 Å². The second-order valence-electron chi connectivity index (χ2n) is 3.13. The fourth-order valence-corrected chi connectivity index (χ4v) is 1.19. The highest BCUT2D eigenvalue weighted by molar-refractivity contribution is 4.98. The zero-order valence-corrected chi connectivity index (χ0v) is 8.10. The Labute approximate surface area is 78.1 Å². The van der Waals surface area contributed by atoms with Gasteiger partial charge in [-0.25, -0.2) is 0 Å². The van der Waals surface area contributed by atoms with Crippen LogP contribution in [0.1, 0.15) is 12.1 Å². The van der Waals surface area contributed by atoms with Gasteiger partial charge in [-0.1, -0.05) is 0 Å². The van der Waals surface area contributed by atoms with E-state index in [0.29, 0.717) is 13.0 Å². The number of aliphatic hydroxyl groups excluding tert-OH is 1. The minimum absolute atomic E-state index is 0.382. The molecule has 1 unspecified atom stereocenters. The largest absolute Gasteiger partial charge is 0.391 e. The van der Waals surface area contributed by atoms with E-state index in [0.717, 1.165) is 12.1 Å². The topological polar surface area (TPSA) is 47.3 Å². The summed E-state index contributed by atoms with van der Waals surface area (Å²) < 4.78 is 6.58. The molecule has 4 nitrogen and oxygen atoms in total. The molecule has 0 spiro atoms. The highest BCUT2D eigenvalue weighted by Gasteiger charge is 2.04. The molecule has 1 N–H and O–H groups in total. The lowest BCUT2D eigenvalue weighted by Gasteiger charge is -2.06. The third-order valence-electron chi connectivity index (χ3n) is 1.86. The van der Waals surface area contributed by atoms with Crippen molar-refractivity contribution in [3.8, 4) is 0 Å². The van der Waals surface area contributed by atoms with Crippen molar-refractivity contribution in [1.82, 2.24) is 9.78 Å². The fraction of sp³-hybridized carbons (Fsp3) is 0.667. The molecule has 0 aliphatic carbocycles. The summed E-state index contributed by atoms with van der Waals surface area (Å²) in [6.45, 7) is 0.396. The van der Waals surface area contributed by atoms with E-state index in [1.807, 2.05) is 19.3 Å². The van der Waals surface area contributed by atoms with Crippen molar-refractivity contribution in [2.75, 3.05) is 13.7 Å². The van der Waals surface area contributed by atoms with E-state index >= 15 is 0 Å². The van der Waals surface area contributed by atoms with Crippen LogP contribution in [0.15, 0.2) is 12.3 Å². The van der Waals surface area contributed by atoms with Crippen molar-refractivity contribution in [3.05, 3.63) is 18.0 Å². The van der Waals surface area contributed by atoms with Gasteiger partial charge < -0.3 is 9.84 Å². The van der Waals surface area contributed by atoms with Crippen LogP contribution in [0.25, 0.3) is 0 Å². The average molecular weight is 184 g/mol. The monoisotopic (exact) mass is 184 g/mol. The molecule has 1 aromatic heterocycles. The number of methoxy groups -OCH3 is 1.